The number of rotatable bonds is 6. The van der Waals surface area contributed by atoms with Crippen LogP contribution in [-0.2, 0) is 10.4 Å². The quantitative estimate of drug-likeness (QED) is 0.554. The van der Waals surface area contributed by atoms with Gasteiger partial charge in [-0.25, -0.2) is 0 Å². The highest BCUT2D eigenvalue weighted by Crippen LogP contribution is 2.29. The topological polar surface area (TPSA) is 101 Å². The average molecular weight is 337 g/mol. The lowest BCUT2D eigenvalue weighted by atomic mass is 9.87. The van der Waals surface area contributed by atoms with E-state index in [0.29, 0.717) is 5.92 Å². The fourth-order valence-corrected chi connectivity index (χ4v) is 2.39. The zero-order valence-electron chi connectivity index (χ0n) is 12.9. The third-order valence-electron chi connectivity index (χ3n) is 3.35. The SMILES string of the molecule is NCCCCC(c1ccccc1)c1ccccc1.O=S(=O)(O)O. The maximum atomic E-state index is 8.74. The predicted octanol–water partition coefficient (Wildman–Crippen LogP) is 3.29. The maximum Gasteiger partial charge on any atom is 0.394 e. The van der Waals surface area contributed by atoms with Gasteiger partial charge in [0.15, 0.2) is 0 Å². The molecule has 0 aliphatic heterocycles. The van der Waals surface area contributed by atoms with E-state index in [1.165, 1.54) is 24.0 Å². The molecule has 0 bridgehead atoms. The molecule has 0 radical (unpaired) electrons. The van der Waals surface area contributed by atoms with E-state index >= 15 is 0 Å². The lowest BCUT2D eigenvalue weighted by Crippen LogP contribution is -2.04. The van der Waals surface area contributed by atoms with Gasteiger partial charge in [-0.05, 0) is 30.5 Å². The molecule has 0 aromatic heterocycles. The molecular formula is C17H23NO4S. The van der Waals surface area contributed by atoms with E-state index in [-0.39, 0.29) is 0 Å². The summed E-state index contributed by atoms with van der Waals surface area (Å²) in [5.74, 6) is 0.499. The Hall–Kier alpha value is -1.73. The van der Waals surface area contributed by atoms with E-state index in [0.717, 1.165) is 13.0 Å². The summed E-state index contributed by atoms with van der Waals surface area (Å²) >= 11 is 0. The standard InChI is InChI=1S/C17H21N.H2O4S/c18-14-8-7-13-17(15-9-3-1-4-10-15)16-11-5-2-6-12-16;1-5(2,3)4/h1-6,9-12,17H,7-8,13-14,18H2;(H2,1,2,3,4). The molecule has 0 atom stereocenters. The number of hydrogen-bond donors (Lipinski definition) is 3. The van der Waals surface area contributed by atoms with Crippen molar-refractivity contribution in [2.75, 3.05) is 6.54 Å². The summed E-state index contributed by atoms with van der Waals surface area (Å²) in [6, 6.07) is 21.5. The minimum Gasteiger partial charge on any atom is -0.330 e. The van der Waals surface area contributed by atoms with Crippen LogP contribution in [0.5, 0.6) is 0 Å². The van der Waals surface area contributed by atoms with Gasteiger partial charge in [0.05, 0.1) is 0 Å². The van der Waals surface area contributed by atoms with E-state index in [2.05, 4.69) is 60.7 Å². The van der Waals surface area contributed by atoms with Gasteiger partial charge >= 0.3 is 10.4 Å². The minimum absolute atomic E-state index is 0.499. The van der Waals surface area contributed by atoms with E-state index in [1.807, 2.05) is 0 Å². The highest BCUT2D eigenvalue weighted by Gasteiger charge is 2.12. The van der Waals surface area contributed by atoms with Crippen molar-refractivity contribution in [2.45, 2.75) is 25.2 Å². The van der Waals surface area contributed by atoms with Crippen molar-refractivity contribution < 1.29 is 17.5 Å². The molecule has 0 amide bonds. The van der Waals surface area contributed by atoms with Crippen molar-refractivity contribution in [3.05, 3.63) is 71.8 Å². The van der Waals surface area contributed by atoms with Gasteiger partial charge in [0.25, 0.3) is 0 Å². The summed E-state index contributed by atoms with van der Waals surface area (Å²) in [6.07, 6.45) is 3.46. The fraction of sp³-hybridized carbons (Fsp3) is 0.294. The molecule has 126 valence electrons. The van der Waals surface area contributed by atoms with E-state index in [4.69, 9.17) is 23.3 Å². The lowest BCUT2D eigenvalue weighted by Gasteiger charge is -2.17. The molecular weight excluding hydrogens is 314 g/mol. The zero-order valence-corrected chi connectivity index (χ0v) is 13.7. The molecule has 0 saturated heterocycles. The van der Waals surface area contributed by atoms with Gasteiger partial charge in [-0.1, -0.05) is 67.1 Å². The van der Waals surface area contributed by atoms with Crippen LogP contribution in [0.4, 0.5) is 0 Å². The predicted molar refractivity (Wildman–Crippen MR) is 91.8 cm³/mol. The second-order valence-corrected chi connectivity index (χ2v) is 6.00. The van der Waals surface area contributed by atoms with Crippen molar-refractivity contribution in [3.8, 4) is 0 Å². The summed E-state index contributed by atoms with van der Waals surface area (Å²) in [4.78, 5) is 0. The normalized spacial score (nSPS) is 11.0. The Labute approximate surface area is 137 Å². The van der Waals surface area contributed by atoms with Crippen molar-refractivity contribution in [3.63, 3.8) is 0 Å². The Morgan fingerprint density at radius 1 is 0.826 bits per heavy atom. The van der Waals surface area contributed by atoms with E-state index < -0.39 is 10.4 Å². The molecule has 0 saturated carbocycles. The first-order chi connectivity index (χ1) is 10.9. The van der Waals surface area contributed by atoms with Gasteiger partial charge in [-0.15, -0.1) is 0 Å². The van der Waals surface area contributed by atoms with E-state index in [1.54, 1.807) is 0 Å². The first-order valence-electron chi connectivity index (χ1n) is 7.41. The molecule has 2 aromatic carbocycles. The molecule has 0 aliphatic rings. The molecule has 0 heterocycles. The molecule has 0 aliphatic carbocycles. The van der Waals surface area contributed by atoms with Crippen LogP contribution in [0.1, 0.15) is 36.3 Å². The smallest absolute Gasteiger partial charge is 0.330 e. The molecule has 23 heavy (non-hydrogen) atoms. The van der Waals surface area contributed by atoms with Crippen molar-refractivity contribution in [1.82, 2.24) is 0 Å². The molecule has 0 fully saturated rings. The van der Waals surface area contributed by atoms with Crippen molar-refractivity contribution in [2.24, 2.45) is 5.73 Å². The van der Waals surface area contributed by atoms with Crippen LogP contribution in [0.3, 0.4) is 0 Å². The molecule has 5 nitrogen and oxygen atoms in total. The zero-order chi connectivity index (χ0) is 17.1. The van der Waals surface area contributed by atoms with Gasteiger partial charge in [-0.2, -0.15) is 8.42 Å². The monoisotopic (exact) mass is 337 g/mol. The number of nitrogens with two attached hydrogens (primary N) is 1. The lowest BCUT2D eigenvalue weighted by molar-refractivity contribution is 0.381. The third kappa shape index (κ3) is 9.10. The van der Waals surface area contributed by atoms with Crippen LogP contribution >= 0.6 is 0 Å². The maximum absolute atomic E-state index is 8.74. The van der Waals surface area contributed by atoms with Crippen LogP contribution < -0.4 is 5.73 Å². The number of hydrogen-bond acceptors (Lipinski definition) is 3. The summed E-state index contributed by atoms with van der Waals surface area (Å²) in [6.45, 7) is 0.788. The molecule has 4 N–H and O–H groups in total. The summed E-state index contributed by atoms with van der Waals surface area (Å²) in [5.41, 5.74) is 8.40. The Morgan fingerprint density at radius 2 is 1.22 bits per heavy atom. The second-order valence-electron chi connectivity index (χ2n) is 5.11. The molecule has 0 spiro atoms. The van der Waals surface area contributed by atoms with Gasteiger partial charge in [0, 0.05) is 5.92 Å². The summed E-state index contributed by atoms with van der Waals surface area (Å²) in [5, 5.41) is 0. The Kier molecular flexibility index (Phi) is 8.50. The van der Waals surface area contributed by atoms with Crippen LogP contribution in [0.15, 0.2) is 60.7 Å². The first-order valence-corrected chi connectivity index (χ1v) is 8.81. The Balaban J connectivity index is 0.000000463. The van der Waals surface area contributed by atoms with Crippen LogP contribution in [0.2, 0.25) is 0 Å². The second kappa shape index (κ2) is 10.1. The minimum atomic E-state index is -4.67. The third-order valence-corrected chi connectivity index (χ3v) is 3.35. The number of benzene rings is 2. The van der Waals surface area contributed by atoms with Crippen molar-refractivity contribution >= 4 is 10.4 Å². The van der Waals surface area contributed by atoms with E-state index in [9.17, 15) is 0 Å². The van der Waals surface area contributed by atoms with Gasteiger partial charge in [0.2, 0.25) is 0 Å². The Bertz CT molecular complexity index is 597. The van der Waals surface area contributed by atoms with Crippen LogP contribution in [-0.4, -0.2) is 24.1 Å². The Morgan fingerprint density at radius 3 is 1.57 bits per heavy atom. The molecule has 2 rings (SSSR count). The highest BCUT2D eigenvalue weighted by atomic mass is 32.3. The first kappa shape index (κ1) is 19.3. The summed E-state index contributed by atoms with van der Waals surface area (Å²) < 4.78 is 31.6. The van der Waals surface area contributed by atoms with Gasteiger partial charge in [0.1, 0.15) is 0 Å². The van der Waals surface area contributed by atoms with Gasteiger partial charge in [-0.3, -0.25) is 9.11 Å². The highest BCUT2D eigenvalue weighted by molar-refractivity contribution is 7.79. The largest absolute Gasteiger partial charge is 0.394 e. The van der Waals surface area contributed by atoms with Crippen molar-refractivity contribution in [1.29, 1.82) is 0 Å². The number of unbranched alkanes of at least 4 members (excludes halogenated alkanes) is 1. The molecule has 0 unspecified atom stereocenters. The van der Waals surface area contributed by atoms with Gasteiger partial charge < -0.3 is 5.73 Å². The molecule has 2 aromatic rings. The molecule has 6 heteroatoms. The summed E-state index contributed by atoms with van der Waals surface area (Å²) in [7, 11) is -4.67. The fourth-order valence-electron chi connectivity index (χ4n) is 2.39. The van der Waals surface area contributed by atoms with Crippen LogP contribution in [0, 0.1) is 0 Å². The average Bonchev–Trinajstić information content (AvgIpc) is 2.52. The van der Waals surface area contributed by atoms with Crippen LogP contribution in [0.25, 0.3) is 0 Å².